The number of carbonyl (C=O) groups is 1. The molecule has 8 nitrogen and oxygen atoms in total. The molecule has 0 aliphatic carbocycles. The van der Waals surface area contributed by atoms with Crippen LogP contribution in [-0.4, -0.2) is 87.9 Å². The van der Waals surface area contributed by atoms with Crippen molar-refractivity contribution in [3.05, 3.63) is 24.3 Å². The number of anilines is 2. The third kappa shape index (κ3) is 6.01. The van der Waals surface area contributed by atoms with Gasteiger partial charge in [-0.2, -0.15) is 4.31 Å². The van der Waals surface area contributed by atoms with Crippen LogP contribution in [0, 0.1) is 0 Å². The van der Waals surface area contributed by atoms with Crippen molar-refractivity contribution in [2.24, 2.45) is 0 Å². The molecule has 0 bridgehead atoms. The SMILES string of the molecule is CC(C)(C)OC(=O)N1CCCN(c2ccc(N3CCN(S(C)(=O)=O)CC3)cc2)CC1. The van der Waals surface area contributed by atoms with Gasteiger partial charge in [-0.25, -0.2) is 13.2 Å². The molecule has 9 heteroatoms. The highest BCUT2D eigenvalue weighted by Gasteiger charge is 2.25. The molecule has 0 radical (unpaired) electrons. The Kier molecular flexibility index (Phi) is 6.81. The van der Waals surface area contributed by atoms with E-state index >= 15 is 0 Å². The molecule has 1 aromatic carbocycles. The monoisotopic (exact) mass is 438 g/mol. The van der Waals surface area contributed by atoms with Gasteiger partial charge in [-0.05, 0) is 51.5 Å². The molecule has 0 saturated carbocycles. The zero-order valence-electron chi connectivity index (χ0n) is 18.5. The average Bonchev–Trinajstić information content (AvgIpc) is 2.93. The molecule has 1 amide bonds. The van der Waals surface area contributed by atoms with Gasteiger partial charge in [0, 0.05) is 63.7 Å². The van der Waals surface area contributed by atoms with E-state index in [1.54, 1.807) is 4.90 Å². The second kappa shape index (κ2) is 9.01. The van der Waals surface area contributed by atoms with Crippen LogP contribution in [0.15, 0.2) is 24.3 Å². The van der Waals surface area contributed by atoms with E-state index in [0.29, 0.717) is 39.3 Å². The third-order valence-corrected chi connectivity index (χ3v) is 6.74. The molecule has 1 aromatic rings. The lowest BCUT2D eigenvalue weighted by Crippen LogP contribution is -2.48. The van der Waals surface area contributed by atoms with Crippen LogP contribution in [0.1, 0.15) is 27.2 Å². The Morgan fingerprint density at radius 2 is 1.33 bits per heavy atom. The van der Waals surface area contributed by atoms with Crippen LogP contribution in [0.25, 0.3) is 0 Å². The average molecular weight is 439 g/mol. The van der Waals surface area contributed by atoms with Gasteiger partial charge in [0.1, 0.15) is 5.60 Å². The van der Waals surface area contributed by atoms with Gasteiger partial charge in [0.15, 0.2) is 0 Å². The fourth-order valence-electron chi connectivity index (χ4n) is 3.84. The maximum Gasteiger partial charge on any atom is 0.410 e. The molecule has 0 aromatic heterocycles. The number of ether oxygens (including phenoxy) is 1. The van der Waals surface area contributed by atoms with Crippen LogP contribution in [0.3, 0.4) is 0 Å². The van der Waals surface area contributed by atoms with Crippen molar-refractivity contribution >= 4 is 27.5 Å². The van der Waals surface area contributed by atoms with Gasteiger partial charge >= 0.3 is 6.09 Å². The number of hydrogen-bond acceptors (Lipinski definition) is 6. The van der Waals surface area contributed by atoms with E-state index in [2.05, 4.69) is 34.1 Å². The number of carbonyl (C=O) groups excluding carboxylic acids is 1. The van der Waals surface area contributed by atoms with Crippen molar-refractivity contribution in [1.82, 2.24) is 9.21 Å². The van der Waals surface area contributed by atoms with E-state index in [1.165, 1.54) is 10.6 Å². The Labute approximate surface area is 180 Å². The Morgan fingerprint density at radius 3 is 1.83 bits per heavy atom. The third-order valence-electron chi connectivity index (χ3n) is 5.44. The van der Waals surface area contributed by atoms with Crippen LogP contribution < -0.4 is 9.80 Å². The Hall–Kier alpha value is -2.00. The first-order valence-corrected chi connectivity index (χ1v) is 12.4. The fourth-order valence-corrected chi connectivity index (χ4v) is 4.66. The lowest BCUT2D eigenvalue weighted by atomic mass is 10.2. The molecule has 168 valence electrons. The van der Waals surface area contributed by atoms with Gasteiger partial charge in [0.05, 0.1) is 6.26 Å². The molecule has 2 aliphatic rings. The van der Waals surface area contributed by atoms with Gasteiger partial charge < -0.3 is 19.4 Å². The standard InChI is InChI=1S/C21H34N4O4S/c1-21(2,3)29-20(26)24-11-5-10-22(12-13-24)18-6-8-19(9-7-18)23-14-16-25(17-15-23)30(4,27)28/h6-9H,5,10-17H2,1-4H3. The van der Waals surface area contributed by atoms with Crippen LogP contribution in [0.2, 0.25) is 0 Å². The van der Waals surface area contributed by atoms with Gasteiger partial charge in [0.25, 0.3) is 0 Å². The highest BCUT2D eigenvalue weighted by molar-refractivity contribution is 7.88. The van der Waals surface area contributed by atoms with Crippen molar-refractivity contribution in [2.75, 3.05) is 68.4 Å². The van der Waals surface area contributed by atoms with E-state index < -0.39 is 15.6 Å². The van der Waals surface area contributed by atoms with Gasteiger partial charge in [-0.1, -0.05) is 0 Å². The summed E-state index contributed by atoms with van der Waals surface area (Å²) in [6, 6.07) is 8.42. The molecule has 0 atom stereocenters. The summed E-state index contributed by atoms with van der Waals surface area (Å²) in [5.74, 6) is 0. The quantitative estimate of drug-likeness (QED) is 0.721. The maximum atomic E-state index is 12.4. The van der Waals surface area contributed by atoms with Crippen LogP contribution in [-0.2, 0) is 14.8 Å². The van der Waals surface area contributed by atoms with Crippen molar-refractivity contribution < 1.29 is 17.9 Å². The van der Waals surface area contributed by atoms with Gasteiger partial charge in [0.2, 0.25) is 10.0 Å². The first-order valence-electron chi connectivity index (χ1n) is 10.6. The summed E-state index contributed by atoms with van der Waals surface area (Å²) in [6.07, 6.45) is 1.92. The molecule has 2 fully saturated rings. The second-order valence-electron chi connectivity index (χ2n) is 8.97. The first-order chi connectivity index (χ1) is 14.0. The summed E-state index contributed by atoms with van der Waals surface area (Å²) in [7, 11) is -3.11. The van der Waals surface area contributed by atoms with Crippen LogP contribution in [0.4, 0.5) is 16.2 Å². The Balaban J connectivity index is 1.56. The maximum absolute atomic E-state index is 12.4. The number of nitrogens with zero attached hydrogens (tertiary/aromatic N) is 4. The summed E-state index contributed by atoms with van der Waals surface area (Å²) < 4.78 is 30.4. The fraction of sp³-hybridized carbons (Fsp3) is 0.667. The minimum atomic E-state index is -3.11. The molecule has 2 heterocycles. The smallest absolute Gasteiger partial charge is 0.410 e. The van der Waals surface area contributed by atoms with Crippen LogP contribution in [0.5, 0.6) is 0 Å². The van der Waals surface area contributed by atoms with Crippen molar-refractivity contribution in [1.29, 1.82) is 0 Å². The van der Waals surface area contributed by atoms with Crippen molar-refractivity contribution in [3.8, 4) is 0 Å². The number of rotatable bonds is 3. The van der Waals surface area contributed by atoms with E-state index in [1.807, 2.05) is 20.8 Å². The summed E-state index contributed by atoms with van der Waals surface area (Å²) in [4.78, 5) is 18.7. The highest BCUT2D eigenvalue weighted by Crippen LogP contribution is 2.23. The largest absolute Gasteiger partial charge is 0.444 e. The Bertz CT molecular complexity index is 828. The van der Waals surface area contributed by atoms with E-state index in [4.69, 9.17) is 4.74 Å². The molecule has 2 aliphatic heterocycles. The topological polar surface area (TPSA) is 73.4 Å². The summed E-state index contributed by atoms with van der Waals surface area (Å²) >= 11 is 0. The normalized spacial score (nSPS) is 19.5. The minimum absolute atomic E-state index is 0.243. The number of amides is 1. The molecule has 30 heavy (non-hydrogen) atoms. The number of benzene rings is 1. The number of sulfonamides is 1. The predicted octanol–water partition coefficient (Wildman–Crippen LogP) is 2.22. The minimum Gasteiger partial charge on any atom is -0.444 e. The highest BCUT2D eigenvalue weighted by atomic mass is 32.2. The summed E-state index contributed by atoms with van der Waals surface area (Å²) in [5.41, 5.74) is 1.77. The summed E-state index contributed by atoms with van der Waals surface area (Å²) in [6.45, 7) is 11.1. The molecular weight excluding hydrogens is 404 g/mol. The lowest BCUT2D eigenvalue weighted by molar-refractivity contribution is 0.0263. The van der Waals surface area contributed by atoms with Gasteiger partial charge in [-0.3, -0.25) is 0 Å². The van der Waals surface area contributed by atoms with Gasteiger partial charge in [-0.15, -0.1) is 0 Å². The number of piperazine rings is 1. The predicted molar refractivity (Wildman–Crippen MR) is 120 cm³/mol. The molecular formula is C21H34N4O4S. The van der Waals surface area contributed by atoms with E-state index in [-0.39, 0.29) is 6.09 Å². The lowest BCUT2D eigenvalue weighted by Gasteiger charge is -2.35. The molecule has 0 N–H and O–H groups in total. The first kappa shape index (κ1) is 22.7. The second-order valence-corrected chi connectivity index (χ2v) is 11.0. The Morgan fingerprint density at radius 1 is 0.833 bits per heavy atom. The van der Waals surface area contributed by atoms with Crippen molar-refractivity contribution in [2.45, 2.75) is 32.8 Å². The molecule has 0 unspecified atom stereocenters. The van der Waals surface area contributed by atoms with E-state index in [0.717, 1.165) is 30.9 Å². The van der Waals surface area contributed by atoms with E-state index in [9.17, 15) is 13.2 Å². The van der Waals surface area contributed by atoms with Crippen molar-refractivity contribution in [3.63, 3.8) is 0 Å². The zero-order valence-corrected chi connectivity index (χ0v) is 19.3. The molecule has 0 spiro atoms. The van der Waals surface area contributed by atoms with Crippen LogP contribution >= 0.6 is 0 Å². The summed E-state index contributed by atoms with van der Waals surface area (Å²) in [5, 5.41) is 0. The molecule has 3 rings (SSSR count). The molecule has 2 saturated heterocycles. The number of hydrogen-bond donors (Lipinski definition) is 0. The zero-order chi connectivity index (χ0) is 21.9.